The van der Waals surface area contributed by atoms with Crippen LogP contribution in [0.1, 0.15) is 12.8 Å². The van der Waals surface area contributed by atoms with E-state index in [0.29, 0.717) is 32.3 Å². The number of morpholine rings is 1. The summed E-state index contributed by atoms with van der Waals surface area (Å²) in [5.41, 5.74) is 0. The molecular weight excluding hydrogens is 206 g/mol. The molecule has 1 aliphatic carbocycles. The van der Waals surface area contributed by atoms with Gasteiger partial charge >= 0.3 is 0 Å². The maximum atomic E-state index is 9.81. The van der Waals surface area contributed by atoms with E-state index >= 15 is 0 Å². The molecule has 0 radical (unpaired) electrons. The van der Waals surface area contributed by atoms with Gasteiger partial charge in [0.1, 0.15) is 0 Å². The van der Waals surface area contributed by atoms with Crippen LogP contribution in [0.3, 0.4) is 0 Å². The lowest BCUT2D eigenvalue weighted by molar-refractivity contribution is -0.0153. The van der Waals surface area contributed by atoms with Gasteiger partial charge < -0.3 is 15.2 Å². The predicted molar refractivity (Wildman–Crippen MR) is 58.8 cm³/mol. The number of nitriles is 1. The van der Waals surface area contributed by atoms with Gasteiger partial charge in [0.15, 0.2) is 6.10 Å². The number of hydrogen-bond donors (Lipinski definition) is 2. The Bertz CT molecular complexity index is 262. The van der Waals surface area contributed by atoms with Crippen LogP contribution in [0, 0.1) is 11.3 Å². The molecule has 0 bridgehead atoms. The molecule has 2 unspecified atom stereocenters. The van der Waals surface area contributed by atoms with Crippen molar-refractivity contribution in [3.05, 3.63) is 0 Å². The van der Waals surface area contributed by atoms with Gasteiger partial charge in [0, 0.05) is 32.2 Å². The fourth-order valence-electron chi connectivity index (χ4n) is 1.90. The Morgan fingerprint density at radius 3 is 3.06 bits per heavy atom. The van der Waals surface area contributed by atoms with Crippen LogP contribution >= 0.6 is 0 Å². The van der Waals surface area contributed by atoms with Crippen molar-refractivity contribution < 1.29 is 9.84 Å². The summed E-state index contributed by atoms with van der Waals surface area (Å²) >= 11 is 0. The lowest BCUT2D eigenvalue weighted by Gasteiger charge is -2.31. The molecule has 2 atom stereocenters. The van der Waals surface area contributed by atoms with Crippen molar-refractivity contribution in [3.63, 3.8) is 0 Å². The Kier molecular flexibility index (Phi) is 4.13. The molecule has 5 nitrogen and oxygen atoms in total. The highest BCUT2D eigenvalue weighted by Crippen LogP contribution is 2.18. The Morgan fingerprint density at radius 2 is 2.38 bits per heavy atom. The van der Waals surface area contributed by atoms with Crippen molar-refractivity contribution in [3.8, 4) is 6.07 Å². The first-order valence-electron chi connectivity index (χ1n) is 5.93. The van der Waals surface area contributed by atoms with E-state index in [4.69, 9.17) is 10.00 Å². The third-order valence-corrected chi connectivity index (χ3v) is 2.98. The SMILES string of the molecule is N#CC1CN(CC(O)CNC2CC2)CCO1. The molecule has 0 aromatic rings. The molecule has 0 spiro atoms. The van der Waals surface area contributed by atoms with Gasteiger partial charge in [-0.2, -0.15) is 5.26 Å². The lowest BCUT2D eigenvalue weighted by Crippen LogP contribution is -2.47. The number of β-amino-alcohol motifs (C(OH)–C–C–N with tert-alkyl or cyclic N) is 1. The molecule has 1 heterocycles. The zero-order valence-corrected chi connectivity index (χ0v) is 9.43. The summed E-state index contributed by atoms with van der Waals surface area (Å²) < 4.78 is 5.25. The average Bonchev–Trinajstić information content (AvgIpc) is 3.10. The van der Waals surface area contributed by atoms with Crippen molar-refractivity contribution >= 4 is 0 Å². The highest BCUT2D eigenvalue weighted by Gasteiger charge is 2.24. The van der Waals surface area contributed by atoms with Gasteiger partial charge in [-0.3, -0.25) is 4.90 Å². The van der Waals surface area contributed by atoms with E-state index < -0.39 is 0 Å². The summed E-state index contributed by atoms with van der Waals surface area (Å²) in [5.74, 6) is 0. The quantitative estimate of drug-likeness (QED) is 0.649. The second-order valence-corrected chi connectivity index (χ2v) is 4.58. The van der Waals surface area contributed by atoms with Crippen LogP contribution < -0.4 is 5.32 Å². The maximum absolute atomic E-state index is 9.81. The number of aliphatic hydroxyl groups is 1. The maximum Gasteiger partial charge on any atom is 0.156 e. The minimum Gasteiger partial charge on any atom is -0.390 e. The van der Waals surface area contributed by atoms with Gasteiger partial charge in [0.05, 0.1) is 18.8 Å². The van der Waals surface area contributed by atoms with Crippen LogP contribution in [0.25, 0.3) is 0 Å². The summed E-state index contributed by atoms with van der Waals surface area (Å²) in [6.45, 7) is 3.27. The molecule has 5 heteroatoms. The zero-order chi connectivity index (χ0) is 11.4. The Morgan fingerprint density at radius 1 is 1.56 bits per heavy atom. The van der Waals surface area contributed by atoms with Crippen LogP contribution in [-0.2, 0) is 4.74 Å². The molecule has 2 N–H and O–H groups in total. The van der Waals surface area contributed by atoms with E-state index in [1.165, 1.54) is 12.8 Å². The monoisotopic (exact) mass is 225 g/mol. The van der Waals surface area contributed by atoms with Crippen LogP contribution in [-0.4, -0.2) is 61.0 Å². The Labute approximate surface area is 96.0 Å². The minimum atomic E-state index is -0.349. The molecule has 0 aromatic carbocycles. The number of ether oxygens (including phenoxy) is 1. The molecule has 1 aliphatic heterocycles. The number of nitrogens with one attached hydrogen (secondary N) is 1. The number of nitrogens with zero attached hydrogens (tertiary/aromatic N) is 2. The summed E-state index contributed by atoms with van der Waals surface area (Å²) in [6, 6.07) is 2.74. The van der Waals surface area contributed by atoms with Gasteiger partial charge in [-0.15, -0.1) is 0 Å². The molecule has 0 aromatic heterocycles. The topological polar surface area (TPSA) is 68.5 Å². The largest absolute Gasteiger partial charge is 0.390 e. The fourth-order valence-corrected chi connectivity index (χ4v) is 1.90. The molecule has 1 saturated heterocycles. The van der Waals surface area contributed by atoms with Crippen molar-refractivity contribution in [1.82, 2.24) is 10.2 Å². The van der Waals surface area contributed by atoms with Crippen LogP contribution in [0.15, 0.2) is 0 Å². The fraction of sp³-hybridized carbons (Fsp3) is 0.909. The van der Waals surface area contributed by atoms with Gasteiger partial charge in [0.25, 0.3) is 0 Å². The van der Waals surface area contributed by atoms with Crippen molar-refractivity contribution in [2.45, 2.75) is 31.1 Å². The third-order valence-electron chi connectivity index (χ3n) is 2.98. The molecule has 2 rings (SSSR count). The van der Waals surface area contributed by atoms with E-state index in [1.807, 2.05) is 0 Å². The second kappa shape index (κ2) is 5.60. The second-order valence-electron chi connectivity index (χ2n) is 4.58. The van der Waals surface area contributed by atoms with Gasteiger partial charge in [-0.25, -0.2) is 0 Å². The third kappa shape index (κ3) is 3.72. The van der Waals surface area contributed by atoms with Gasteiger partial charge in [0.2, 0.25) is 0 Å². The molecule has 1 saturated carbocycles. The molecule has 2 aliphatic rings. The Balaban J connectivity index is 1.64. The molecule has 16 heavy (non-hydrogen) atoms. The minimum absolute atomic E-state index is 0.336. The van der Waals surface area contributed by atoms with Crippen molar-refractivity contribution in [2.24, 2.45) is 0 Å². The highest BCUT2D eigenvalue weighted by molar-refractivity contribution is 4.90. The number of rotatable bonds is 5. The van der Waals surface area contributed by atoms with Gasteiger partial charge in [-0.1, -0.05) is 0 Å². The molecule has 2 fully saturated rings. The zero-order valence-electron chi connectivity index (χ0n) is 9.43. The van der Waals surface area contributed by atoms with Crippen LogP contribution in [0.4, 0.5) is 0 Å². The van der Waals surface area contributed by atoms with Crippen LogP contribution in [0.5, 0.6) is 0 Å². The lowest BCUT2D eigenvalue weighted by atomic mass is 10.2. The number of aliphatic hydroxyl groups excluding tert-OH is 1. The average molecular weight is 225 g/mol. The van der Waals surface area contributed by atoms with Crippen molar-refractivity contribution in [1.29, 1.82) is 5.26 Å². The molecule has 0 amide bonds. The van der Waals surface area contributed by atoms with E-state index in [2.05, 4.69) is 16.3 Å². The predicted octanol–water partition coefficient (Wildman–Crippen LogP) is -0.676. The van der Waals surface area contributed by atoms with E-state index in [0.717, 1.165) is 6.54 Å². The first-order chi connectivity index (χ1) is 7.78. The van der Waals surface area contributed by atoms with E-state index in [1.54, 1.807) is 0 Å². The standard InChI is InChI=1S/C11H19N3O2/c12-5-11-8-14(3-4-16-11)7-10(15)6-13-9-1-2-9/h9-11,13,15H,1-4,6-8H2. The van der Waals surface area contributed by atoms with Crippen molar-refractivity contribution in [2.75, 3.05) is 32.8 Å². The summed E-state index contributed by atoms with van der Waals surface area (Å²) in [5, 5.41) is 21.9. The van der Waals surface area contributed by atoms with E-state index in [9.17, 15) is 5.11 Å². The summed E-state index contributed by atoms with van der Waals surface area (Å²) in [6.07, 6.45) is 1.79. The highest BCUT2D eigenvalue weighted by atomic mass is 16.5. The smallest absolute Gasteiger partial charge is 0.156 e. The van der Waals surface area contributed by atoms with E-state index in [-0.39, 0.29) is 12.2 Å². The normalized spacial score (nSPS) is 28.6. The summed E-state index contributed by atoms with van der Waals surface area (Å²) in [4.78, 5) is 2.09. The first kappa shape index (κ1) is 11.8. The van der Waals surface area contributed by atoms with Gasteiger partial charge in [-0.05, 0) is 12.8 Å². The Hall–Kier alpha value is -0.670. The molecule has 90 valence electrons. The van der Waals surface area contributed by atoms with Crippen LogP contribution in [0.2, 0.25) is 0 Å². The summed E-state index contributed by atoms with van der Waals surface area (Å²) in [7, 11) is 0. The number of hydrogen-bond acceptors (Lipinski definition) is 5. The first-order valence-corrected chi connectivity index (χ1v) is 5.93. The molecular formula is C11H19N3O2.